The van der Waals surface area contributed by atoms with Crippen molar-refractivity contribution in [2.24, 2.45) is 0 Å². The molecule has 2 unspecified atom stereocenters. The van der Waals surface area contributed by atoms with Crippen molar-refractivity contribution in [2.45, 2.75) is 154 Å². The average Bonchev–Trinajstić information content (AvgIpc) is 2.84. The molecular weight excluding hydrogens is 595 g/mol. The monoisotopic (exact) mass is 660 g/mol. The van der Waals surface area contributed by atoms with E-state index in [4.69, 9.17) is 23.8 Å². The molecule has 0 aromatic heterocycles. The highest BCUT2D eigenvalue weighted by Gasteiger charge is 2.42. The Kier molecular flexibility index (Phi) is 16.9. The number of rotatable bonds is 6. The standard InChI is InChI=1S/2C15H27FO2Si.C5H12O/c2*1-11-12(7-8-17)9-13(10-14(11)16)18-19(5,6)15(2,3)4;1-5(2,3)6-4/h2*7,13-14,17H,1,8-10H2,2-6H3;1-4H3/b12-7-;;/t2*13?,14-;/m00./s1. The van der Waals surface area contributed by atoms with Crippen LogP contribution in [0.4, 0.5) is 8.78 Å². The number of allylic oxidation sites excluding steroid dienone is 2. The smallest absolute Gasteiger partial charge is 0.192 e. The summed E-state index contributed by atoms with van der Waals surface area (Å²) in [5.74, 6) is 0. The summed E-state index contributed by atoms with van der Waals surface area (Å²) in [4.78, 5) is 0. The number of halogens is 2. The number of methoxy groups -OCH3 is 1. The van der Waals surface area contributed by atoms with Crippen molar-refractivity contribution in [3.8, 4) is 0 Å². The predicted molar refractivity (Wildman–Crippen MR) is 188 cm³/mol. The molecule has 5 nitrogen and oxygen atoms in total. The molecule has 0 spiro atoms. The topological polar surface area (TPSA) is 68.2 Å². The van der Waals surface area contributed by atoms with E-state index < -0.39 is 29.0 Å². The lowest BCUT2D eigenvalue weighted by atomic mass is 9.87. The van der Waals surface area contributed by atoms with Gasteiger partial charge < -0.3 is 23.8 Å². The molecule has 9 heteroatoms. The van der Waals surface area contributed by atoms with Gasteiger partial charge in [0, 0.05) is 20.0 Å². The Labute approximate surface area is 271 Å². The molecule has 2 rings (SSSR count). The first-order valence-electron chi connectivity index (χ1n) is 15.9. The van der Waals surface area contributed by atoms with Gasteiger partial charge in [0.25, 0.3) is 0 Å². The van der Waals surface area contributed by atoms with E-state index >= 15 is 0 Å². The van der Waals surface area contributed by atoms with E-state index in [0.717, 1.165) is 11.1 Å². The van der Waals surface area contributed by atoms with Crippen LogP contribution >= 0.6 is 0 Å². The third kappa shape index (κ3) is 14.2. The molecule has 258 valence electrons. The summed E-state index contributed by atoms with van der Waals surface area (Å²) in [6, 6.07) is 0. The third-order valence-corrected chi connectivity index (χ3v) is 18.3. The lowest BCUT2D eigenvalue weighted by Crippen LogP contribution is -2.45. The van der Waals surface area contributed by atoms with Gasteiger partial charge in [0.1, 0.15) is 12.3 Å². The predicted octanol–water partition coefficient (Wildman–Crippen LogP) is 9.40. The Hall–Kier alpha value is -0.946. The van der Waals surface area contributed by atoms with Crippen LogP contribution in [0.3, 0.4) is 0 Å². The Morgan fingerprint density at radius 3 is 1.18 bits per heavy atom. The molecule has 2 aliphatic rings. The van der Waals surface area contributed by atoms with Gasteiger partial charge in [-0.25, -0.2) is 8.78 Å². The third-order valence-electron chi connectivity index (χ3n) is 9.24. The Bertz CT molecular complexity index is 913. The normalized spacial score (nSPS) is 25.8. The minimum Gasteiger partial charge on any atom is -0.413 e. The van der Waals surface area contributed by atoms with Gasteiger partial charge in [-0.15, -0.1) is 0 Å². The van der Waals surface area contributed by atoms with Gasteiger partial charge in [-0.2, -0.15) is 0 Å². The zero-order chi connectivity index (χ0) is 34.9. The summed E-state index contributed by atoms with van der Waals surface area (Å²) in [6.45, 7) is 35.3. The first-order valence-corrected chi connectivity index (χ1v) is 21.7. The van der Waals surface area contributed by atoms with Gasteiger partial charge in [-0.1, -0.05) is 66.9 Å². The van der Waals surface area contributed by atoms with Gasteiger partial charge in [-0.05, 0) is 92.2 Å². The number of aliphatic hydroxyl groups is 2. The van der Waals surface area contributed by atoms with Crippen LogP contribution in [0, 0.1) is 0 Å². The fraction of sp³-hybridized carbons (Fsp3) is 0.771. The number of aliphatic hydroxyl groups excluding tert-OH is 2. The van der Waals surface area contributed by atoms with E-state index in [9.17, 15) is 8.78 Å². The van der Waals surface area contributed by atoms with Crippen molar-refractivity contribution in [3.05, 3.63) is 47.6 Å². The van der Waals surface area contributed by atoms with Crippen molar-refractivity contribution in [2.75, 3.05) is 20.3 Å². The second kappa shape index (κ2) is 17.3. The van der Waals surface area contributed by atoms with E-state index in [1.165, 1.54) is 0 Å². The van der Waals surface area contributed by atoms with E-state index in [1.807, 2.05) is 20.8 Å². The lowest BCUT2D eigenvalue weighted by Gasteiger charge is -2.41. The SMILES string of the molecule is C=C1/C(=C\CO)CC(O[Si](C)(C)C(C)(C)C)C[C@@H]1F.C=C1C(=CCO)CC(O[Si](C)(C)C(C)(C)C)C[C@@H]1F.COC(C)(C)C. The summed E-state index contributed by atoms with van der Waals surface area (Å²) < 4.78 is 45.5. The maximum absolute atomic E-state index is 14.0. The van der Waals surface area contributed by atoms with Crippen LogP contribution in [0.2, 0.25) is 36.3 Å². The molecule has 2 aliphatic carbocycles. The molecule has 0 amide bonds. The molecule has 0 aromatic carbocycles. The van der Waals surface area contributed by atoms with E-state index in [0.29, 0.717) is 36.8 Å². The quantitative estimate of drug-likeness (QED) is 0.278. The van der Waals surface area contributed by atoms with Crippen LogP contribution in [0.15, 0.2) is 47.6 Å². The van der Waals surface area contributed by atoms with E-state index in [2.05, 4.69) is 80.9 Å². The van der Waals surface area contributed by atoms with Crippen molar-refractivity contribution >= 4 is 16.6 Å². The average molecular weight is 661 g/mol. The molecule has 2 N–H and O–H groups in total. The maximum atomic E-state index is 14.0. The minimum absolute atomic E-state index is 0.0417. The van der Waals surface area contributed by atoms with Crippen molar-refractivity contribution < 1.29 is 32.6 Å². The van der Waals surface area contributed by atoms with Crippen LogP contribution in [-0.2, 0) is 13.6 Å². The van der Waals surface area contributed by atoms with Crippen LogP contribution in [0.25, 0.3) is 0 Å². The molecule has 0 aromatic rings. The first kappa shape index (κ1) is 43.1. The van der Waals surface area contributed by atoms with Crippen LogP contribution in [0.5, 0.6) is 0 Å². The van der Waals surface area contributed by atoms with Crippen LogP contribution < -0.4 is 0 Å². The molecule has 4 atom stereocenters. The minimum atomic E-state index is -1.88. The number of alkyl halides is 2. The Balaban J connectivity index is 0.000000710. The second-order valence-corrected chi connectivity index (χ2v) is 25.5. The molecule has 0 aliphatic heterocycles. The highest BCUT2D eigenvalue weighted by atomic mass is 28.4. The van der Waals surface area contributed by atoms with Crippen molar-refractivity contribution in [1.29, 1.82) is 0 Å². The maximum Gasteiger partial charge on any atom is 0.192 e. The van der Waals surface area contributed by atoms with Gasteiger partial charge >= 0.3 is 0 Å². The van der Waals surface area contributed by atoms with E-state index in [-0.39, 0.29) is 41.1 Å². The van der Waals surface area contributed by atoms with Gasteiger partial charge in [0.05, 0.1) is 31.0 Å². The zero-order valence-electron chi connectivity index (χ0n) is 30.5. The zero-order valence-corrected chi connectivity index (χ0v) is 32.5. The number of hydrogen-bond donors (Lipinski definition) is 2. The van der Waals surface area contributed by atoms with E-state index in [1.54, 1.807) is 19.3 Å². The van der Waals surface area contributed by atoms with Gasteiger partial charge in [0.15, 0.2) is 16.6 Å². The molecule has 44 heavy (non-hydrogen) atoms. The molecular formula is C35H66F2O5Si2. The summed E-state index contributed by atoms with van der Waals surface area (Å²) in [6.07, 6.45) is 3.08. The lowest BCUT2D eigenvalue weighted by molar-refractivity contribution is 0.0397. The van der Waals surface area contributed by atoms with Crippen molar-refractivity contribution in [1.82, 2.24) is 0 Å². The Morgan fingerprint density at radius 1 is 0.705 bits per heavy atom. The van der Waals surface area contributed by atoms with Crippen molar-refractivity contribution in [3.63, 3.8) is 0 Å². The molecule has 2 fully saturated rings. The molecule has 2 saturated carbocycles. The van der Waals surface area contributed by atoms with Crippen LogP contribution in [0.1, 0.15) is 88.0 Å². The number of hydrogen-bond acceptors (Lipinski definition) is 5. The van der Waals surface area contributed by atoms with Gasteiger partial charge in [0.2, 0.25) is 0 Å². The second-order valence-electron chi connectivity index (χ2n) is 16.0. The van der Waals surface area contributed by atoms with Gasteiger partial charge in [-0.3, -0.25) is 0 Å². The fourth-order valence-corrected chi connectivity index (χ4v) is 6.82. The summed E-state index contributed by atoms with van der Waals surface area (Å²) in [7, 11) is -2.06. The molecule has 0 heterocycles. The molecule has 0 bridgehead atoms. The molecule has 0 saturated heterocycles. The highest BCUT2D eigenvalue weighted by molar-refractivity contribution is 6.74. The summed E-state index contributed by atoms with van der Waals surface area (Å²) in [5, 5.41) is 18.2. The highest BCUT2D eigenvalue weighted by Crippen LogP contribution is 2.42. The van der Waals surface area contributed by atoms with Crippen LogP contribution in [-0.4, -0.2) is 77.3 Å². The Morgan fingerprint density at radius 2 is 0.977 bits per heavy atom. The summed E-state index contributed by atoms with van der Waals surface area (Å²) in [5.41, 5.74) is 2.67. The first-order chi connectivity index (χ1) is 19.7. The molecule has 0 radical (unpaired) electrons. The summed E-state index contributed by atoms with van der Waals surface area (Å²) >= 11 is 0. The fourth-order valence-electron chi connectivity index (χ4n) is 4.08. The largest absolute Gasteiger partial charge is 0.413 e. The number of ether oxygens (including phenoxy) is 1.